The minimum Gasteiger partial charge on any atom is -0.494 e. The lowest BCUT2D eigenvalue weighted by atomic mass is 10.0. The number of amides is 1. The van der Waals surface area contributed by atoms with E-state index < -0.39 is 5.91 Å². The molecule has 2 aromatic heterocycles. The summed E-state index contributed by atoms with van der Waals surface area (Å²) in [6, 6.07) is 16.3. The zero-order valence-electron chi connectivity index (χ0n) is 17.1. The highest BCUT2D eigenvalue weighted by molar-refractivity contribution is 7.23. The van der Waals surface area contributed by atoms with Gasteiger partial charge in [0.05, 0.1) is 17.4 Å². The van der Waals surface area contributed by atoms with Gasteiger partial charge in [-0.2, -0.15) is 0 Å². The third kappa shape index (κ3) is 3.89. The number of methoxy groups -OCH3 is 1. The fraction of sp³-hybridized carbons (Fsp3) is 0.217. The van der Waals surface area contributed by atoms with Crippen LogP contribution in [0.15, 0.2) is 48.5 Å². The molecule has 4 aromatic rings. The maximum atomic E-state index is 12.3. The Morgan fingerprint density at radius 1 is 1.19 bits per heavy atom. The van der Waals surface area contributed by atoms with E-state index in [1.54, 1.807) is 18.4 Å². The molecule has 5 rings (SSSR count). The first kappa shape index (κ1) is 20.0. The molecular weight excluding hydrogens is 428 g/mol. The van der Waals surface area contributed by atoms with E-state index in [0.29, 0.717) is 5.56 Å². The Kier molecular flexibility index (Phi) is 5.35. The minimum absolute atomic E-state index is 0.393. The Bertz CT molecular complexity index is 1250. The monoisotopic (exact) mass is 450 g/mol. The number of carbonyl (C=O) groups excluding carboxylic acids is 1. The van der Waals surface area contributed by atoms with Gasteiger partial charge in [-0.05, 0) is 29.7 Å². The summed E-state index contributed by atoms with van der Waals surface area (Å²) in [6.45, 7) is 2.60. The molecule has 0 radical (unpaired) electrons. The third-order valence-electron chi connectivity index (χ3n) is 5.45. The van der Waals surface area contributed by atoms with E-state index in [4.69, 9.17) is 10.5 Å². The van der Waals surface area contributed by atoms with Crippen LogP contribution in [0.4, 0.5) is 10.1 Å². The summed E-state index contributed by atoms with van der Waals surface area (Å²) < 4.78 is 6.44. The summed E-state index contributed by atoms with van der Waals surface area (Å²) in [5.74, 6) is 0.342. The predicted octanol–water partition coefficient (Wildman–Crippen LogP) is 4.77. The average Bonchev–Trinajstić information content (AvgIpc) is 3.34. The molecule has 3 N–H and O–H groups in total. The van der Waals surface area contributed by atoms with Crippen LogP contribution in [-0.2, 0) is 19.5 Å². The highest BCUT2D eigenvalue weighted by Gasteiger charge is 2.27. The normalized spacial score (nSPS) is 13.8. The molecule has 1 aliphatic heterocycles. The number of para-hydroxylation sites is 1. The topological polar surface area (TPSA) is 80.5 Å². The SMILES string of the molecule is COc1cccc2sc(Nc3sc4c(c3C(N)=O)CCN(Cc3ccccc3)C4)nc12. The summed E-state index contributed by atoms with van der Waals surface area (Å²) >= 11 is 3.13. The molecule has 158 valence electrons. The number of aromatic nitrogens is 1. The number of fused-ring (bicyclic) bond motifs is 2. The lowest BCUT2D eigenvalue weighted by Crippen LogP contribution is -2.30. The number of thiazole rings is 1. The number of rotatable bonds is 6. The summed E-state index contributed by atoms with van der Waals surface area (Å²) in [5.41, 5.74) is 9.57. The van der Waals surface area contributed by atoms with E-state index in [0.717, 1.165) is 57.7 Å². The Balaban J connectivity index is 1.43. The number of thiophene rings is 1. The fourth-order valence-electron chi connectivity index (χ4n) is 4.02. The Labute approximate surface area is 188 Å². The van der Waals surface area contributed by atoms with Crippen molar-refractivity contribution in [3.63, 3.8) is 0 Å². The van der Waals surface area contributed by atoms with Crippen molar-refractivity contribution >= 4 is 48.9 Å². The second-order valence-corrected chi connectivity index (χ2v) is 9.61. The van der Waals surface area contributed by atoms with Gasteiger partial charge >= 0.3 is 0 Å². The number of carbonyl (C=O) groups is 1. The van der Waals surface area contributed by atoms with Gasteiger partial charge in [-0.3, -0.25) is 9.69 Å². The molecule has 3 heterocycles. The van der Waals surface area contributed by atoms with Crippen LogP contribution >= 0.6 is 22.7 Å². The number of nitrogens with two attached hydrogens (primary N) is 1. The number of hydrogen-bond acceptors (Lipinski definition) is 7. The number of anilines is 2. The Morgan fingerprint density at radius 3 is 2.81 bits per heavy atom. The van der Waals surface area contributed by atoms with Crippen LogP contribution in [-0.4, -0.2) is 29.4 Å². The molecule has 6 nitrogen and oxygen atoms in total. The van der Waals surface area contributed by atoms with Crippen LogP contribution < -0.4 is 15.8 Å². The van der Waals surface area contributed by atoms with Crippen LogP contribution in [0.3, 0.4) is 0 Å². The predicted molar refractivity (Wildman–Crippen MR) is 127 cm³/mol. The van der Waals surface area contributed by atoms with Gasteiger partial charge in [-0.15, -0.1) is 11.3 Å². The van der Waals surface area contributed by atoms with Crippen molar-refractivity contribution in [3.8, 4) is 5.75 Å². The van der Waals surface area contributed by atoms with Gasteiger partial charge in [0.1, 0.15) is 16.3 Å². The highest BCUT2D eigenvalue weighted by Crippen LogP contribution is 2.40. The molecule has 1 amide bonds. The zero-order chi connectivity index (χ0) is 21.4. The van der Waals surface area contributed by atoms with Crippen molar-refractivity contribution in [1.29, 1.82) is 0 Å². The molecule has 0 bridgehead atoms. The minimum atomic E-state index is -0.393. The largest absolute Gasteiger partial charge is 0.494 e. The number of primary amides is 1. The van der Waals surface area contributed by atoms with Crippen LogP contribution in [0.1, 0.15) is 26.4 Å². The van der Waals surface area contributed by atoms with Crippen molar-refractivity contribution < 1.29 is 9.53 Å². The van der Waals surface area contributed by atoms with Gasteiger partial charge in [0, 0.05) is 24.5 Å². The second kappa shape index (κ2) is 8.30. The molecule has 0 aliphatic carbocycles. The van der Waals surface area contributed by atoms with Crippen LogP contribution in [0.5, 0.6) is 5.75 Å². The van der Waals surface area contributed by atoms with E-state index in [1.807, 2.05) is 24.3 Å². The number of nitrogens with one attached hydrogen (secondary N) is 1. The first-order valence-corrected chi connectivity index (χ1v) is 11.7. The van der Waals surface area contributed by atoms with E-state index in [1.165, 1.54) is 21.8 Å². The quantitative estimate of drug-likeness (QED) is 0.442. The summed E-state index contributed by atoms with van der Waals surface area (Å²) in [6.07, 6.45) is 0.812. The molecule has 0 saturated carbocycles. The van der Waals surface area contributed by atoms with Crippen molar-refractivity contribution in [3.05, 3.63) is 70.1 Å². The first-order valence-electron chi connectivity index (χ1n) is 10.0. The maximum Gasteiger partial charge on any atom is 0.251 e. The average molecular weight is 451 g/mol. The van der Waals surface area contributed by atoms with Gasteiger partial charge in [0.15, 0.2) is 5.13 Å². The van der Waals surface area contributed by atoms with Crippen LogP contribution in [0, 0.1) is 0 Å². The van der Waals surface area contributed by atoms with Gasteiger partial charge in [0.25, 0.3) is 5.91 Å². The molecule has 0 spiro atoms. The van der Waals surface area contributed by atoms with E-state index in [2.05, 4.69) is 39.5 Å². The van der Waals surface area contributed by atoms with Crippen molar-refractivity contribution in [2.24, 2.45) is 5.73 Å². The Hall–Kier alpha value is -2.94. The van der Waals surface area contributed by atoms with Crippen LogP contribution in [0.2, 0.25) is 0 Å². The molecule has 0 fully saturated rings. The Morgan fingerprint density at radius 2 is 2.03 bits per heavy atom. The van der Waals surface area contributed by atoms with Gasteiger partial charge < -0.3 is 15.8 Å². The van der Waals surface area contributed by atoms with E-state index >= 15 is 0 Å². The summed E-state index contributed by atoms with van der Waals surface area (Å²) in [4.78, 5) is 20.6. The smallest absolute Gasteiger partial charge is 0.251 e. The second-order valence-electron chi connectivity index (χ2n) is 7.47. The summed E-state index contributed by atoms with van der Waals surface area (Å²) in [7, 11) is 1.64. The fourth-order valence-corrected chi connectivity index (χ4v) is 6.27. The first-order chi connectivity index (χ1) is 15.1. The number of benzene rings is 2. The van der Waals surface area contributed by atoms with Crippen LogP contribution in [0.25, 0.3) is 10.2 Å². The molecule has 1 aliphatic rings. The maximum absolute atomic E-state index is 12.3. The van der Waals surface area contributed by atoms with Crippen molar-refractivity contribution in [2.75, 3.05) is 19.0 Å². The van der Waals surface area contributed by atoms with Gasteiger partial charge in [-0.25, -0.2) is 4.98 Å². The number of ether oxygens (including phenoxy) is 1. The molecule has 2 aromatic carbocycles. The number of hydrogen-bond donors (Lipinski definition) is 2. The van der Waals surface area contributed by atoms with Gasteiger partial charge in [-0.1, -0.05) is 47.7 Å². The summed E-state index contributed by atoms with van der Waals surface area (Å²) in [5, 5.41) is 4.87. The van der Waals surface area contributed by atoms with Crippen molar-refractivity contribution in [2.45, 2.75) is 19.5 Å². The highest BCUT2D eigenvalue weighted by atomic mass is 32.1. The zero-order valence-corrected chi connectivity index (χ0v) is 18.7. The molecule has 8 heteroatoms. The molecule has 0 unspecified atom stereocenters. The lowest BCUT2D eigenvalue weighted by molar-refractivity contribution is 0.0999. The lowest BCUT2D eigenvalue weighted by Gasteiger charge is -2.27. The molecule has 31 heavy (non-hydrogen) atoms. The molecule has 0 saturated heterocycles. The van der Waals surface area contributed by atoms with Crippen molar-refractivity contribution in [1.82, 2.24) is 9.88 Å². The molecular formula is C23H22N4O2S2. The number of nitrogens with zero attached hydrogens (tertiary/aromatic N) is 2. The van der Waals surface area contributed by atoms with E-state index in [9.17, 15) is 4.79 Å². The van der Waals surface area contributed by atoms with E-state index in [-0.39, 0.29) is 0 Å². The molecule has 0 atom stereocenters. The van der Waals surface area contributed by atoms with Gasteiger partial charge in [0.2, 0.25) is 0 Å². The standard InChI is InChI=1S/C23H22N4O2S2/c1-29-16-8-5-9-17-20(16)25-23(31-17)26-22-19(21(24)28)15-10-11-27(13-18(15)30-22)12-14-6-3-2-4-7-14/h2-9H,10-13H2,1H3,(H2,24,28)(H,25,26). The third-order valence-corrected chi connectivity index (χ3v) is 7.52.